The minimum atomic E-state index is -0.339. The van der Waals surface area contributed by atoms with Crippen molar-refractivity contribution in [3.05, 3.63) is 16.5 Å². The van der Waals surface area contributed by atoms with Crippen molar-refractivity contribution in [2.75, 3.05) is 19.0 Å². The van der Waals surface area contributed by atoms with Gasteiger partial charge in [-0.15, -0.1) is 11.3 Å². The van der Waals surface area contributed by atoms with Gasteiger partial charge in [-0.25, -0.2) is 4.79 Å². The molecule has 0 fully saturated rings. The molecule has 0 aliphatic heterocycles. The van der Waals surface area contributed by atoms with Gasteiger partial charge in [0.15, 0.2) is 5.11 Å². The highest BCUT2D eigenvalue weighted by atomic mass is 32.1. The summed E-state index contributed by atoms with van der Waals surface area (Å²) < 4.78 is 4.80. The third kappa shape index (κ3) is 9.21. The molecule has 6 heteroatoms. The first-order chi connectivity index (χ1) is 12.1. The van der Waals surface area contributed by atoms with Gasteiger partial charge in [0, 0.05) is 11.4 Å². The smallest absolute Gasteiger partial charge is 0.340 e. The van der Waals surface area contributed by atoms with Crippen molar-refractivity contribution in [3.63, 3.8) is 0 Å². The summed E-state index contributed by atoms with van der Waals surface area (Å²) >= 11 is 6.83. The Kier molecular flexibility index (Phi) is 11.5. The molecule has 0 aliphatic rings. The number of thiocarbonyl (C=S) groups is 1. The van der Waals surface area contributed by atoms with E-state index in [1.807, 2.05) is 13.0 Å². The van der Waals surface area contributed by atoms with Crippen LogP contribution in [0.4, 0.5) is 5.00 Å². The van der Waals surface area contributed by atoms with Gasteiger partial charge in [0.05, 0.1) is 12.7 Å². The number of carbonyl (C=O) groups is 1. The highest BCUT2D eigenvalue weighted by Gasteiger charge is 2.16. The quantitative estimate of drug-likeness (QED) is 0.277. The molecule has 4 nitrogen and oxygen atoms in total. The van der Waals surface area contributed by atoms with E-state index in [0.717, 1.165) is 22.8 Å². The number of nitrogens with one attached hydrogen (secondary N) is 2. The molecule has 0 amide bonds. The minimum Gasteiger partial charge on any atom is -0.465 e. The molecule has 1 heterocycles. The summed E-state index contributed by atoms with van der Waals surface area (Å²) in [4.78, 5) is 12.8. The number of rotatable bonds is 12. The number of anilines is 1. The summed E-state index contributed by atoms with van der Waals surface area (Å²) in [7, 11) is 1.39. The van der Waals surface area contributed by atoms with Crippen LogP contribution >= 0.6 is 23.6 Å². The third-order valence-electron chi connectivity index (χ3n) is 4.05. The molecule has 1 aromatic rings. The molecule has 142 valence electrons. The highest BCUT2D eigenvalue weighted by Crippen LogP contribution is 2.28. The molecule has 1 aromatic heterocycles. The van der Waals surface area contributed by atoms with Crippen molar-refractivity contribution in [1.82, 2.24) is 5.32 Å². The van der Waals surface area contributed by atoms with Crippen molar-refractivity contribution >= 4 is 39.6 Å². The lowest BCUT2D eigenvalue weighted by Crippen LogP contribution is -2.29. The molecule has 0 bridgehead atoms. The number of esters is 1. The zero-order valence-corrected chi connectivity index (χ0v) is 17.4. The van der Waals surface area contributed by atoms with E-state index in [1.54, 1.807) is 0 Å². The van der Waals surface area contributed by atoms with Crippen molar-refractivity contribution in [2.24, 2.45) is 0 Å². The van der Waals surface area contributed by atoms with Crippen molar-refractivity contribution < 1.29 is 9.53 Å². The Morgan fingerprint density at radius 1 is 1.12 bits per heavy atom. The number of unbranched alkanes of at least 4 members (excludes halogenated alkanes) is 8. The lowest BCUT2D eigenvalue weighted by molar-refractivity contribution is 0.0602. The van der Waals surface area contributed by atoms with Crippen molar-refractivity contribution in [1.29, 1.82) is 0 Å². The van der Waals surface area contributed by atoms with E-state index in [1.165, 1.54) is 69.8 Å². The number of ether oxygens (including phenoxy) is 1. The molecule has 0 aromatic carbocycles. The summed E-state index contributed by atoms with van der Waals surface area (Å²) in [6, 6.07) is 1.82. The number of thiophene rings is 1. The van der Waals surface area contributed by atoms with Gasteiger partial charge in [0.1, 0.15) is 5.00 Å². The first-order valence-electron chi connectivity index (χ1n) is 9.32. The maximum atomic E-state index is 11.8. The zero-order valence-electron chi connectivity index (χ0n) is 15.8. The van der Waals surface area contributed by atoms with Gasteiger partial charge in [-0.05, 0) is 31.6 Å². The normalized spacial score (nSPS) is 10.5. The van der Waals surface area contributed by atoms with Gasteiger partial charge >= 0.3 is 5.97 Å². The summed E-state index contributed by atoms with van der Waals surface area (Å²) in [5.41, 5.74) is 0.539. The number of methoxy groups -OCH3 is 1. The highest BCUT2D eigenvalue weighted by molar-refractivity contribution is 7.80. The van der Waals surface area contributed by atoms with Crippen molar-refractivity contribution in [2.45, 2.75) is 71.6 Å². The fourth-order valence-electron chi connectivity index (χ4n) is 2.65. The van der Waals surface area contributed by atoms with Crippen LogP contribution in [0.15, 0.2) is 6.07 Å². The largest absolute Gasteiger partial charge is 0.465 e. The summed E-state index contributed by atoms with van der Waals surface area (Å²) in [6.07, 6.45) is 11.8. The van der Waals surface area contributed by atoms with Crippen LogP contribution in [-0.2, 0) is 4.74 Å². The van der Waals surface area contributed by atoms with E-state index in [0.29, 0.717) is 10.7 Å². The predicted octanol–water partition coefficient (Wildman–Crippen LogP) is 5.66. The second kappa shape index (κ2) is 13.1. The minimum absolute atomic E-state index is 0.339. The first kappa shape index (κ1) is 21.9. The van der Waals surface area contributed by atoms with Crippen LogP contribution < -0.4 is 10.6 Å². The number of hydrogen-bond donors (Lipinski definition) is 2. The molecule has 0 saturated heterocycles. The standard InChI is InChI=1S/C19H32N2O2S2/c1-4-5-6-7-8-9-10-11-12-13-20-19(24)21-17-16(18(22)23-3)14-15(2)25-17/h14H,4-13H2,1-3H3,(H2,20,21,24). The van der Waals surface area contributed by atoms with Crippen LogP contribution in [0.1, 0.15) is 79.9 Å². The van der Waals surface area contributed by atoms with Gasteiger partial charge in [0.25, 0.3) is 0 Å². The Morgan fingerprint density at radius 2 is 1.72 bits per heavy atom. The molecule has 0 radical (unpaired) electrons. The van der Waals surface area contributed by atoms with Crippen LogP contribution in [0.5, 0.6) is 0 Å². The number of carbonyl (C=O) groups excluding carboxylic acids is 1. The fourth-order valence-corrected chi connectivity index (χ4v) is 3.83. The second-order valence-corrected chi connectivity index (χ2v) is 7.97. The van der Waals surface area contributed by atoms with Crippen molar-refractivity contribution in [3.8, 4) is 0 Å². The van der Waals surface area contributed by atoms with E-state index < -0.39 is 0 Å². The molecule has 1 rings (SSSR count). The number of aryl methyl sites for hydroxylation is 1. The lowest BCUT2D eigenvalue weighted by Gasteiger charge is -2.10. The summed E-state index contributed by atoms with van der Waals surface area (Å²) in [6.45, 7) is 5.07. The second-order valence-electron chi connectivity index (χ2n) is 6.30. The van der Waals surface area contributed by atoms with Crippen LogP contribution in [0.25, 0.3) is 0 Å². The average Bonchev–Trinajstić information content (AvgIpc) is 2.96. The topological polar surface area (TPSA) is 50.4 Å². The Balaban J connectivity index is 2.14. The Morgan fingerprint density at radius 3 is 2.32 bits per heavy atom. The predicted molar refractivity (Wildman–Crippen MR) is 112 cm³/mol. The van der Waals surface area contributed by atoms with E-state index in [2.05, 4.69) is 17.6 Å². The zero-order chi connectivity index (χ0) is 18.5. The maximum absolute atomic E-state index is 11.8. The van der Waals surface area contributed by atoms with Crippen LogP contribution in [0.2, 0.25) is 0 Å². The molecular formula is C19H32N2O2S2. The summed E-state index contributed by atoms with van der Waals surface area (Å²) in [5.74, 6) is -0.339. The lowest BCUT2D eigenvalue weighted by atomic mass is 10.1. The SMILES string of the molecule is CCCCCCCCCCCNC(=S)Nc1sc(C)cc1C(=O)OC. The summed E-state index contributed by atoms with van der Waals surface area (Å²) in [5, 5.41) is 7.64. The van der Waals surface area contributed by atoms with Gasteiger partial charge in [-0.1, -0.05) is 58.3 Å². The third-order valence-corrected chi connectivity index (χ3v) is 5.27. The first-order valence-corrected chi connectivity index (χ1v) is 10.5. The fraction of sp³-hybridized carbons (Fsp3) is 0.684. The maximum Gasteiger partial charge on any atom is 0.340 e. The Bertz CT molecular complexity index is 529. The molecule has 0 saturated carbocycles. The molecular weight excluding hydrogens is 352 g/mol. The monoisotopic (exact) mass is 384 g/mol. The molecule has 0 aliphatic carbocycles. The van der Waals surface area contributed by atoms with Crippen LogP contribution in [0.3, 0.4) is 0 Å². The molecule has 0 atom stereocenters. The van der Waals surface area contributed by atoms with Gasteiger partial charge in [-0.2, -0.15) is 0 Å². The molecule has 25 heavy (non-hydrogen) atoms. The van der Waals surface area contributed by atoms with E-state index >= 15 is 0 Å². The van der Waals surface area contributed by atoms with E-state index in [4.69, 9.17) is 17.0 Å². The van der Waals surface area contributed by atoms with Crippen LogP contribution in [-0.4, -0.2) is 24.7 Å². The van der Waals surface area contributed by atoms with Gasteiger partial charge in [0.2, 0.25) is 0 Å². The van der Waals surface area contributed by atoms with Gasteiger partial charge in [-0.3, -0.25) is 0 Å². The molecule has 0 unspecified atom stereocenters. The van der Waals surface area contributed by atoms with Gasteiger partial charge < -0.3 is 15.4 Å². The Hall–Kier alpha value is -1.14. The van der Waals surface area contributed by atoms with Crippen LogP contribution in [0, 0.1) is 6.92 Å². The number of hydrogen-bond acceptors (Lipinski definition) is 4. The van der Waals surface area contributed by atoms with E-state index in [-0.39, 0.29) is 5.97 Å². The Labute approximate surface area is 161 Å². The average molecular weight is 385 g/mol. The molecule has 0 spiro atoms. The molecule has 2 N–H and O–H groups in total. The van der Waals surface area contributed by atoms with E-state index in [9.17, 15) is 4.79 Å².